The summed E-state index contributed by atoms with van der Waals surface area (Å²) < 4.78 is 18.1. The van der Waals surface area contributed by atoms with Crippen LogP contribution < -0.4 is 10.1 Å². The molecule has 0 aliphatic rings. The summed E-state index contributed by atoms with van der Waals surface area (Å²) >= 11 is 0. The fourth-order valence-corrected chi connectivity index (χ4v) is 1.72. The van der Waals surface area contributed by atoms with E-state index in [1.54, 1.807) is 0 Å². The minimum atomic E-state index is -0.507. The molecule has 0 fully saturated rings. The van der Waals surface area contributed by atoms with Crippen LogP contribution in [0.4, 0.5) is 4.39 Å². The van der Waals surface area contributed by atoms with Crippen LogP contribution >= 0.6 is 0 Å². The van der Waals surface area contributed by atoms with Crippen molar-refractivity contribution in [1.29, 1.82) is 0 Å². The minimum Gasteiger partial charge on any atom is -0.494 e. The van der Waals surface area contributed by atoms with Gasteiger partial charge in [-0.3, -0.25) is 4.79 Å². The summed E-state index contributed by atoms with van der Waals surface area (Å²) in [6.45, 7) is 3.79. The summed E-state index contributed by atoms with van der Waals surface area (Å²) in [5, 5.41) is 11.9. The van der Waals surface area contributed by atoms with Gasteiger partial charge in [0.05, 0.1) is 7.11 Å². The number of amides is 1. The Hall–Kier alpha value is -1.62. The molecule has 0 aliphatic carbocycles. The van der Waals surface area contributed by atoms with E-state index >= 15 is 0 Å². The van der Waals surface area contributed by atoms with Crippen LogP contribution in [0.1, 0.15) is 37.0 Å². The zero-order valence-corrected chi connectivity index (χ0v) is 11.5. The first-order valence-corrected chi connectivity index (χ1v) is 6.22. The summed E-state index contributed by atoms with van der Waals surface area (Å²) in [5.41, 5.74) is -0.149. The summed E-state index contributed by atoms with van der Waals surface area (Å²) in [4.78, 5) is 12.1. The topological polar surface area (TPSA) is 58.6 Å². The molecule has 0 saturated carbocycles. The third kappa shape index (κ3) is 3.92. The second-order valence-corrected chi connectivity index (χ2v) is 4.69. The third-order valence-electron chi connectivity index (χ3n) is 3.27. The molecular weight excluding hydrogens is 249 g/mol. The number of hydrogen-bond donors (Lipinski definition) is 2. The number of halogens is 1. The van der Waals surface area contributed by atoms with E-state index in [0.717, 1.165) is 0 Å². The zero-order chi connectivity index (χ0) is 14.5. The average Bonchev–Trinajstić information content (AvgIpc) is 2.39. The molecule has 1 aromatic carbocycles. The maximum absolute atomic E-state index is 13.3. The Morgan fingerprint density at radius 1 is 1.53 bits per heavy atom. The predicted octanol–water partition coefficient (Wildman–Crippen LogP) is 2.12. The van der Waals surface area contributed by atoms with Crippen molar-refractivity contribution in [1.82, 2.24) is 5.32 Å². The van der Waals surface area contributed by atoms with Gasteiger partial charge in [0.15, 0.2) is 11.6 Å². The maximum atomic E-state index is 13.3. The summed E-state index contributed by atoms with van der Waals surface area (Å²) in [7, 11) is 1.35. The Bertz CT molecular complexity index is 450. The molecule has 106 valence electrons. The van der Waals surface area contributed by atoms with Crippen LogP contribution in [-0.2, 0) is 0 Å². The highest BCUT2D eigenvalue weighted by Crippen LogP contribution is 2.20. The van der Waals surface area contributed by atoms with Gasteiger partial charge in [-0.25, -0.2) is 4.39 Å². The highest BCUT2D eigenvalue weighted by molar-refractivity contribution is 5.95. The Morgan fingerprint density at radius 3 is 2.74 bits per heavy atom. The number of benzene rings is 1. The molecule has 4 nitrogen and oxygen atoms in total. The molecule has 0 radical (unpaired) electrons. The zero-order valence-electron chi connectivity index (χ0n) is 11.5. The van der Waals surface area contributed by atoms with E-state index in [1.165, 1.54) is 25.3 Å². The van der Waals surface area contributed by atoms with Crippen molar-refractivity contribution < 1.29 is 19.0 Å². The molecule has 19 heavy (non-hydrogen) atoms. The molecule has 1 atom stereocenters. The number of methoxy groups -OCH3 is 1. The van der Waals surface area contributed by atoms with Gasteiger partial charge in [-0.2, -0.15) is 0 Å². The van der Waals surface area contributed by atoms with E-state index in [-0.39, 0.29) is 18.3 Å². The van der Waals surface area contributed by atoms with Gasteiger partial charge in [-0.15, -0.1) is 0 Å². The van der Waals surface area contributed by atoms with E-state index < -0.39 is 11.4 Å². The number of rotatable bonds is 6. The van der Waals surface area contributed by atoms with Crippen LogP contribution in [0.15, 0.2) is 18.2 Å². The quantitative estimate of drug-likeness (QED) is 0.831. The highest BCUT2D eigenvalue weighted by Gasteiger charge is 2.24. The van der Waals surface area contributed by atoms with Gasteiger partial charge in [0.2, 0.25) is 0 Å². The highest BCUT2D eigenvalue weighted by atomic mass is 19.1. The van der Waals surface area contributed by atoms with Crippen LogP contribution in [0.25, 0.3) is 0 Å². The molecule has 0 spiro atoms. The van der Waals surface area contributed by atoms with Crippen molar-refractivity contribution in [3.8, 4) is 5.75 Å². The van der Waals surface area contributed by atoms with Crippen LogP contribution in [0.3, 0.4) is 0 Å². The molecular formula is C14H20FNO3. The smallest absolute Gasteiger partial charge is 0.251 e. The van der Waals surface area contributed by atoms with Gasteiger partial charge >= 0.3 is 0 Å². The van der Waals surface area contributed by atoms with E-state index in [1.807, 2.05) is 13.8 Å². The van der Waals surface area contributed by atoms with Crippen molar-refractivity contribution in [2.24, 2.45) is 0 Å². The third-order valence-corrected chi connectivity index (χ3v) is 3.27. The molecule has 1 amide bonds. The second-order valence-electron chi connectivity index (χ2n) is 4.69. The summed E-state index contributed by atoms with van der Waals surface area (Å²) in [6, 6.07) is 3.96. The Morgan fingerprint density at radius 2 is 2.21 bits per heavy atom. The number of nitrogens with one attached hydrogen (secondary N) is 1. The average molecular weight is 269 g/mol. The van der Waals surface area contributed by atoms with E-state index in [4.69, 9.17) is 9.84 Å². The van der Waals surface area contributed by atoms with Crippen molar-refractivity contribution in [2.75, 3.05) is 13.7 Å². The molecule has 0 saturated heterocycles. The predicted molar refractivity (Wildman–Crippen MR) is 70.8 cm³/mol. The fraction of sp³-hybridized carbons (Fsp3) is 0.500. The molecule has 0 aromatic heterocycles. The molecule has 0 bridgehead atoms. The van der Waals surface area contributed by atoms with Crippen LogP contribution in [0, 0.1) is 5.82 Å². The lowest BCUT2D eigenvalue weighted by atomic mass is 9.94. The lowest BCUT2D eigenvalue weighted by molar-refractivity contribution is 0.0885. The van der Waals surface area contributed by atoms with E-state index in [9.17, 15) is 9.18 Å². The molecule has 1 unspecified atom stereocenters. The second kappa shape index (κ2) is 6.52. The molecule has 1 rings (SSSR count). The molecule has 1 aromatic rings. The van der Waals surface area contributed by atoms with Crippen molar-refractivity contribution in [2.45, 2.75) is 32.2 Å². The van der Waals surface area contributed by atoms with Gasteiger partial charge in [-0.1, -0.05) is 6.92 Å². The number of aliphatic hydroxyl groups is 1. The van der Waals surface area contributed by atoms with Crippen molar-refractivity contribution >= 4 is 5.91 Å². The molecule has 5 heteroatoms. The summed E-state index contributed by atoms with van der Waals surface area (Å²) in [6.07, 6.45) is 1.16. The molecule has 0 heterocycles. The molecule has 2 N–H and O–H groups in total. The lowest BCUT2D eigenvalue weighted by Gasteiger charge is -2.29. The van der Waals surface area contributed by atoms with Gasteiger partial charge in [-0.05, 0) is 38.0 Å². The van der Waals surface area contributed by atoms with Crippen molar-refractivity contribution in [3.63, 3.8) is 0 Å². The maximum Gasteiger partial charge on any atom is 0.251 e. The normalized spacial score (nSPS) is 13.7. The lowest BCUT2D eigenvalue weighted by Crippen LogP contribution is -2.46. The number of carbonyl (C=O) groups excluding carboxylic acids is 1. The van der Waals surface area contributed by atoms with Crippen LogP contribution in [0.5, 0.6) is 5.75 Å². The largest absolute Gasteiger partial charge is 0.494 e. The van der Waals surface area contributed by atoms with Crippen molar-refractivity contribution in [3.05, 3.63) is 29.6 Å². The first-order valence-electron chi connectivity index (χ1n) is 6.22. The fourth-order valence-electron chi connectivity index (χ4n) is 1.72. The Labute approximate surface area is 112 Å². The minimum absolute atomic E-state index is 0.00262. The monoisotopic (exact) mass is 269 g/mol. The number of ether oxygens (including phenoxy) is 1. The standard InChI is InChI=1S/C14H20FNO3/c1-4-14(2,7-8-17)16-13(18)10-5-6-11(15)12(9-10)19-3/h5-6,9,17H,4,7-8H2,1-3H3,(H,16,18). The number of hydrogen-bond acceptors (Lipinski definition) is 3. The molecule has 0 aliphatic heterocycles. The van der Waals surface area contributed by atoms with Gasteiger partial charge in [0, 0.05) is 17.7 Å². The Kier molecular flexibility index (Phi) is 5.30. The number of carbonyl (C=O) groups is 1. The van der Waals surface area contributed by atoms with E-state index in [0.29, 0.717) is 18.4 Å². The van der Waals surface area contributed by atoms with Gasteiger partial charge in [0.1, 0.15) is 0 Å². The first-order chi connectivity index (χ1) is 8.95. The van der Waals surface area contributed by atoms with Gasteiger partial charge < -0.3 is 15.2 Å². The van der Waals surface area contributed by atoms with Gasteiger partial charge in [0.25, 0.3) is 5.91 Å². The van der Waals surface area contributed by atoms with Crippen LogP contribution in [0.2, 0.25) is 0 Å². The SMILES string of the molecule is CCC(C)(CCO)NC(=O)c1ccc(F)c(OC)c1. The van der Waals surface area contributed by atoms with E-state index in [2.05, 4.69) is 5.32 Å². The Balaban J connectivity index is 2.88. The summed E-state index contributed by atoms with van der Waals surface area (Å²) in [5.74, 6) is -0.781. The first kappa shape index (κ1) is 15.4. The number of aliphatic hydroxyl groups excluding tert-OH is 1. The van der Waals surface area contributed by atoms with Crippen LogP contribution in [-0.4, -0.2) is 30.3 Å².